The second-order valence-corrected chi connectivity index (χ2v) is 8.57. The molecular formula is C22H32N2O2. The Bertz CT molecular complexity index is 658. The average molecular weight is 357 g/mol. The number of amides is 1. The van der Waals surface area contributed by atoms with Crippen LogP contribution in [0.4, 0.5) is 0 Å². The highest BCUT2D eigenvalue weighted by Gasteiger charge is 2.44. The van der Waals surface area contributed by atoms with Crippen molar-refractivity contribution in [3.05, 3.63) is 29.3 Å². The largest absolute Gasteiger partial charge is 0.485 e. The lowest BCUT2D eigenvalue weighted by Gasteiger charge is -2.43. The Morgan fingerprint density at radius 3 is 2.54 bits per heavy atom. The number of hydrogen-bond acceptors (Lipinski definition) is 3. The van der Waals surface area contributed by atoms with Gasteiger partial charge >= 0.3 is 0 Å². The molecule has 0 radical (unpaired) electrons. The van der Waals surface area contributed by atoms with Crippen molar-refractivity contribution in [3.63, 3.8) is 0 Å². The minimum absolute atomic E-state index is 0.184. The quantitative estimate of drug-likeness (QED) is 0.869. The van der Waals surface area contributed by atoms with E-state index in [1.165, 1.54) is 19.3 Å². The maximum atomic E-state index is 13.5. The summed E-state index contributed by atoms with van der Waals surface area (Å²) in [5.41, 5.74) is 1.67. The Hall–Kier alpha value is -1.55. The molecule has 2 aliphatic carbocycles. The van der Waals surface area contributed by atoms with Crippen molar-refractivity contribution in [3.8, 4) is 5.75 Å². The van der Waals surface area contributed by atoms with Crippen molar-refractivity contribution in [1.82, 2.24) is 10.2 Å². The van der Waals surface area contributed by atoms with E-state index in [1.807, 2.05) is 19.2 Å². The van der Waals surface area contributed by atoms with Gasteiger partial charge in [0.15, 0.2) is 0 Å². The van der Waals surface area contributed by atoms with Crippen LogP contribution in [0.5, 0.6) is 5.75 Å². The normalized spacial score (nSPS) is 30.0. The molecule has 0 aromatic heterocycles. The monoisotopic (exact) mass is 356 g/mol. The Morgan fingerprint density at radius 1 is 1.12 bits per heavy atom. The second-order valence-electron chi connectivity index (χ2n) is 8.57. The summed E-state index contributed by atoms with van der Waals surface area (Å²) in [6, 6.07) is 7.05. The van der Waals surface area contributed by atoms with E-state index in [4.69, 9.17) is 4.74 Å². The van der Waals surface area contributed by atoms with Gasteiger partial charge in [-0.3, -0.25) is 4.79 Å². The fourth-order valence-corrected chi connectivity index (χ4v) is 5.08. The number of nitrogens with zero attached hydrogens (tertiary/aromatic N) is 1. The van der Waals surface area contributed by atoms with Crippen LogP contribution in [0.3, 0.4) is 0 Å². The highest BCUT2D eigenvalue weighted by Crippen LogP contribution is 2.40. The number of aryl methyl sites for hydroxylation is 1. The average Bonchev–Trinajstić information content (AvgIpc) is 2.79. The molecule has 142 valence electrons. The van der Waals surface area contributed by atoms with E-state index in [0.717, 1.165) is 61.9 Å². The molecule has 1 amide bonds. The number of fused-ring (bicyclic) bond motifs is 1. The molecule has 1 aromatic carbocycles. The van der Waals surface area contributed by atoms with Crippen LogP contribution in [0.15, 0.2) is 18.2 Å². The molecule has 2 fully saturated rings. The van der Waals surface area contributed by atoms with Gasteiger partial charge in [-0.15, -0.1) is 0 Å². The molecule has 0 unspecified atom stereocenters. The highest BCUT2D eigenvalue weighted by molar-refractivity contribution is 5.97. The van der Waals surface area contributed by atoms with Crippen molar-refractivity contribution >= 4 is 5.91 Å². The lowest BCUT2D eigenvalue weighted by molar-refractivity contribution is -0.0105. The molecule has 1 aliphatic heterocycles. The van der Waals surface area contributed by atoms with Gasteiger partial charge in [-0.1, -0.05) is 30.9 Å². The summed E-state index contributed by atoms with van der Waals surface area (Å²) in [7, 11) is 2.05. The number of carbonyl (C=O) groups excluding carboxylic acids is 1. The Balaban J connectivity index is 1.69. The predicted molar refractivity (Wildman–Crippen MR) is 104 cm³/mol. The maximum absolute atomic E-state index is 13.5. The van der Waals surface area contributed by atoms with Gasteiger partial charge in [0.05, 0.1) is 12.1 Å². The van der Waals surface area contributed by atoms with Crippen LogP contribution < -0.4 is 10.1 Å². The molecule has 1 aromatic rings. The zero-order chi connectivity index (χ0) is 18.1. The minimum Gasteiger partial charge on any atom is -0.485 e. The summed E-state index contributed by atoms with van der Waals surface area (Å²) in [4.78, 5) is 15.7. The lowest BCUT2D eigenvalue weighted by atomic mass is 9.81. The molecule has 4 heteroatoms. The van der Waals surface area contributed by atoms with Gasteiger partial charge < -0.3 is 15.0 Å². The Morgan fingerprint density at radius 2 is 1.85 bits per heavy atom. The Labute approximate surface area is 157 Å². The molecule has 3 aliphatic rings. The highest BCUT2D eigenvalue weighted by atomic mass is 16.5. The third-order valence-corrected chi connectivity index (χ3v) is 6.73. The smallest absolute Gasteiger partial charge is 0.258 e. The zero-order valence-electron chi connectivity index (χ0n) is 16.2. The number of rotatable bonds is 2. The second kappa shape index (κ2) is 7.22. The van der Waals surface area contributed by atoms with Crippen molar-refractivity contribution < 1.29 is 9.53 Å². The molecule has 1 heterocycles. The summed E-state index contributed by atoms with van der Waals surface area (Å²) < 4.78 is 6.63. The molecule has 4 rings (SSSR count). The van der Waals surface area contributed by atoms with Crippen molar-refractivity contribution in [2.24, 2.45) is 0 Å². The number of benzene rings is 1. The number of carbonyl (C=O) groups is 1. The molecule has 0 bridgehead atoms. The lowest BCUT2D eigenvalue weighted by Crippen LogP contribution is -2.54. The van der Waals surface area contributed by atoms with E-state index in [-0.39, 0.29) is 11.5 Å². The van der Waals surface area contributed by atoms with Crippen molar-refractivity contribution in [2.75, 3.05) is 13.6 Å². The first-order valence-electron chi connectivity index (χ1n) is 10.4. The van der Waals surface area contributed by atoms with Crippen molar-refractivity contribution in [1.29, 1.82) is 0 Å². The van der Waals surface area contributed by atoms with E-state index in [0.29, 0.717) is 12.1 Å². The molecule has 4 nitrogen and oxygen atoms in total. The molecule has 1 spiro atoms. The third-order valence-electron chi connectivity index (χ3n) is 6.73. The molecular weight excluding hydrogens is 324 g/mol. The minimum atomic E-state index is -0.221. The SMILES string of the molecule is CNC1CCC2(CC1)CN(C1CCCCC1)C(=O)c1cc(C)ccc1O2. The van der Waals surface area contributed by atoms with Crippen LogP contribution in [-0.4, -0.2) is 42.1 Å². The number of ether oxygens (including phenoxy) is 1. The molecule has 0 atom stereocenters. The fraction of sp³-hybridized carbons (Fsp3) is 0.682. The fourth-order valence-electron chi connectivity index (χ4n) is 5.08. The van der Waals surface area contributed by atoms with Crippen molar-refractivity contribution in [2.45, 2.75) is 82.4 Å². The van der Waals surface area contributed by atoms with E-state index < -0.39 is 0 Å². The molecule has 1 N–H and O–H groups in total. The predicted octanol–water partition coefficient (Wildman–Crippen LogP) is 4.06. The summed E-state index contributed by atoms with van der Waals surface area (Å²) in [5, 5.41) is 3.42. The van der Waals surface area contributed by atoms with E-state index in [9.17, 15) is 4.79 Å². The summed E-state index contributed by atoms with van der Waals surface area (Å²) in [6.45, 7) is 2.80. The van der Waals surface area contributed by atoms with E-state index in [1.54, 1.807) is 0 Å². The van der Waals surface area contributed by atoms with Gasteiger partial charge in [-0.05, 0) is 64.6 Å². The van der Waals surface area contributed by atoms with Gasteiger partial charge in [0, 0.05) is 12.1 Å². The van der Waals surface area contributed by atoms with Crippen LogP contribution >= 0.6 is 0 Å². The van der Waals surface area contributed by atoms with Gasteiger partial charge in [-0.25, -0.2) is 0 Å². The van der Waals surface area contributed by atoms with Crippen LogP contribution in [-0.2, 0) is 0 Å². The van der Waals surface area contributed by atoms with Crippen LogP contribution in [0, 0.1) is 6.92 Å². The summed E-state index contributed by atoms with van der Waals surface area (Å²) >= 11 is 0. The van der Waals surface area contributed by atoms with Gasteiger partial charge in [0.25, 0.3) is 5.91 Å². The van der Waals surface area contributed by atoms with Crippen LogP contribution in [0.25, 0.3) is 0 Å². The van der Waals surface area contributed by atoms with E-state index >= 15 is 0 Å². The number of hydrogen-bond donors (Lipinski definition) is 1. The number of nitrogens with one attached hydrogen (secondary N) is 1. The molecule has 0 saturated heterocycles. The summed E-state index contributed by atoms with van der Waals surface area (Å²) in [6.07, 6.45) is 10.3. The first kappa shape index (κ1) is 17.8. The zero-order valence-corrected chi connectivity index (χ0v) is 16.2. The molecule has 2 saturated carbocycles. The molecule has 26 heavy (non-hydrogen) atoms. The topological polar surface area (TPSA) is 41.6 Å². The standard InChI is InChI=1S/C22H32N2O2/c1-16-8-9-20-19(14-16)21(25)24(18-6-4-3-5-7-18)15-22(26-20)12-10-17(23-2)11-13-22/h8-9,14,17-18,23H,3-7,10-13,15H2,1-2H3. The summed E-state index contributed by atoms with van der Waals surface area (Å²) in [5.74, 6) is 0.977. The first-order chi connectivity index (χ1) is 12.6. The van der Waals surface area contributed by atoms with Gasteiger partial charge in [-0.2, -0.15) is 0 Å². The maximum Gasteiger partial charge on any atom is 0.258 e. The van der Waals surface area contributed by atoms with Gasteiger partial charge in [0.2, 0.25) is 0 Å². The van der Waals surface area contributed by atoms with Gasteiger partial charge in [0.1, 0.15) is 11.4 Å². The van der Waals surface area contributed by atoms with Crippen LogP contribution in [0.2, 0.25) is 0 Å². The third kappa shape index (κ3) is 3.36. The van der Waals surface area contributed by atoms with E-state index in [2.05, 4.69) is 23.2 Å². The Kier molecular flexibility index (Phi) is 4.96. The van der Waals surface area contributed by atoms with Crippen LogP contribution in [0.1, 0.15) is 73.7 Å². The first-order valence-corrected chi connectivity index (χ1v) is 10.4.